The number of carbonyl (C=O) groups is 1. The van der Waals surface area contributed by atoms with Gasteiger partial charge in [-0.15, -0.1) is 0 Å². The van der Waals surface area contributed by atoms with Crippen LogP contribution in [0.5, 0.6) is 5.75 Å². The van der Waals surface area contributed by atoms with Crippen LogP contribution in [0.3, 0.4) is 0 Å². The number of rotatable bonds is 4. The van der Waals surface area contributed by atoms with Crippen LogP contribution in [-0.2, 0) is 4.79 Å². The van der Waals surface area contributed by atoms with Gasteiger partial charge in [-0.3, -0.25) is 4.79 Å². The topological polar surface area (TPSA) is 62.1 Å². The Morgan fingerprint density at radius 3 is 2.62 bits per heavy atom. The summed E-state index contributed by atoms with van der Waals surface area (Å²) in [5.74, 6) is 0.00105. The maximum Gasteiger partial charge on any atom is 0.266 e. The molecule has 0 atom stereocenters. The number of halogens is 2. The van der Waals surface area contributed by atoms with Crippen LogP contribution in [0.1, 0.15) is 11.1 Å². The van der Waals surface area contributed by atoms with Crippen molar-refractivity contribution in [1.82, 2.24) is 0 Å². The molecule has 0 aliphatic carbocycles. The summed E-state index contributed by atoms with van der Waals surface area (Å²) < 4.78 is 5.07. The van der Waals surface area contributed by atoms with Gasteiger partial charge >= 0.3 is 0 Å². The summed E-state index contributed by atoms with van der Waals surface area (Å²) in [7, 11) is 1.51. The number of hydrogen-bond acceptors (Lipinski definition) is 3. The molecule has 0 spiro atoms. The second-order valence-corrected chi connectivity index (χ2v) is 5.74. The van der Waals surface area contributed by atoms with Gasteiger partial charge in [0.1, 0.15) is 17.4 Å². The third kappa shape index (κ3) is 4.08. The molecule has 0 fully saturated rings. The second kappa shape index (κ2) is 7.87. The highest BCUT2D eigenvalue weighted by atomic mass is 35.5. The van der Waals surface area contributed by atoms with E-state index in [0.29, 0.717) is 27.0 Å². The number of benzene rings is 2. The smallest absolute Gasteiger partial charge is 0.266 e. The fourth-order valence-electron chi connectivity index (χ4n) is 2.02. The Labute approximate surface area is 150 Å². The predicted molar refractivity (Wildman–Crippen MR) is 96.4 cm³/mol. The number of nitrogens with one attached hydrogen (secondary N) is 1. The Balaban J connectivity index is 2.27. The Morgan fingerprint density at radius 1 is 1.25 bits per heavy atom. The molecule has 24 heavy (non-hydrogen) atoms. The van der Waals surface area contributed by atoms with Crippen molar-refractivity contribution in [2.24, 2.45) is 0 Å². The van der Waals surface area contributed by atoms with Crippen molar-refractivity contribution in [3.63, 3.8) is 0 Å². The maximum absolute atomic E-state index is 12.3. The van der Waals surface area contributed by atoms with Gasteiger partial charge in [0.15, 0.2) is 0 Å². The highest BCUT2D eigenvalue weighted by molar-refractivity contribution is 6.32. The molecule has 0 aliphatic heterocycles. The van der Waals surface area contributed by atoms with Gasteiger partial charge in [-0.25, -0.2) is 0 Å². The second-order valence-electron chi connectivity index (χ2n) is 4.93. The maximum atomic E-state index is 12.3. The van der Waals surface area contributed by atoms with Crippen molar-refractivity contribution < 1.29 is 9.53 Å². The lowest BCUT2D eigenvalue weighted by Gasteiger charge is -2.09. The molecular weight excluding hydrogens is 347 g/mol. The van der Waals surface area contributed by atoms with Crippen LogP contribution in [0.4, 0.5) is 5.69 Å². The molecule has 0 heterocycles. The number of methoxy groups -OCH3 is 1. The van der Waals surface area contributed by atoms with Gasteiger partial charge in [-0.2, -0.15) is 5.26 Å². The Hall–Kier alpha value is -2.48. The first-order valence-electron chi connectivity index (χ1n) is 6.98. The number of ether oxygens (including phenoxy) is 1. The van der Waals surface area contributed by atoms with Crippen LogP contribution in [0, 0.1) is 18.3 Å². The predicted octanol–water partition coefficient (Wildman–Crippen LogP) is 4.86. The summed E-state index contributed by atoms with van der Waals surface area (Å²) in [6.45, 7) is 1.79. The molecule has 2 rings (SSSR count). The van der Waals surface area contributed by atoms with Crippen LogP contribution < -0.4 is 10.1 Å². The molecule has 2 aromatic carbocycles. The average molecular weight is 361 g/mol. The largest absolute Gasteiger partial charge is 0.495 e. The minimum Gasteiger partial charge on any atom is -0.495 e. The van der Waals surface area contributed by atoms with Crippen molar-refractivity contribution in [3.8, 4) is 11.8 Å². The van der Waals surface area contributed by atoms with Gasteiger partial charge in [-0.05, 0) is 48.4 Å². The van der Waals surface area contributed by atoms with Crippen molar-refractivity contribution in [2.45, 2.75) is 6.92 Å². The molecule has 0 radical (unpaired) electrons. The van der Waals surface area contributed by atoms with Crippen molar-refractivity contribution >= 4 is 40.9 Å². The van der Waals surface area contributed by atoms with E-state index in [4.69, 9.17) is 27.9 Å². The van der Waals surface area contributed by atoms with Crippen molar-refractivity contribution in [3.05, 3.63) is 63.1 Å². The van der Waals surface area contributed by atoms with E-state index in [1.807, 2.05) is 6.07 Å². The van der Waals surface area contributed by atoms with Gasteiger partial charge in [0.05, 0.1) is 12.1 Å². The average Bonchev–Trinajstić information content (AvgIpc) is 2.57. The SMILES string of the molecule is COc1ccc(/C=C(\C#N)C(=O)Nc2cccc(Cl)c2C)cc1Cl. The molecule has 0 unspecified atom stereocenters. The number of anilines is 1. The van der Waals surface area contributed by atoms with Gasteiger partial charge in [0.25, 0.3) is 5.91 Å². The first-order chi connectivity index (χ1) is 11.5. The van der Waals surface area contributed by atoms with Crippen LogP contribution >= 0.6 is 23.2 Å². The number of hydrogen-bond donors (Lipinski definition) is 1. The minimum atomic E-state index is -0.519. The van der Waals surface area contributed by atoms with E-state index < -0.39 is 5.91 Å². The van der Waals surface area contributed by atoms with Crippen LogP contribution in [-0.4, -0.2) is 13.0 Å². The van der Waals surface area contributed by atoms with Crippen molar-refractivity contribution in [2.75, 3.05) is 12.4 Å². The lowest BCUT2D eigenvalue weighted by atomic mass is 10.1. The molecule has 1 amide bonds. The summed E-state index contributed by atoms with van der Waals surface area (Å²) in [4.78, 5) is 12.3. The Bertz CT molecular complexity index is 855. The number of amides is 1. The van der Waals surface area contributed by atoms with E-state index in [1.54, 1.807) is 43.3 Å². The van der Waals surface area contributed by atoms with E-state index in [0.717, 1.165) is 5.56 Å². The Morgan fingerprint density at radius 2 is 2.00 bits per heavy atom. The van der Waals surface area contributed by atoms with Gasteiger partial charge in [0, 0.05) is 10.7 Å². The fraction of sp³-hybridized carbons (Fsp3) is 0.111. The van der Waals surface area contributed by atoms with E-state index in [1.165, 1.54) is 13.2 Å². The minimum absolute atomic E-state index is 0.0457. The summed E-state index contributed by atoms with van der Waals surface area (Å²) in [5, 5.41) is 12.9. The summed E-state index contributed by atoms with van der Waals surface area (Å²) in [6.07, 6.45) is 1.46. The number of nitriles is 1. The van der Waals surface area contributed by atoms with Crippen LogP contribution in [0.25, 0.3) is 6.08 Å². The standard InChI is InChI=1S/C18H14Cl2N2O2/c1-11-14(19)4-3-5-16(11)22-18(23)13(10-21)8-12-6-7-17(24-2)15(20)9-12/h3-9H,1-2H3,(H,22,23)/b13-8+. The summed E-state index contributed by atoms with van der Waals surface area (Å²) in [5.41, 5.74) is 1.87. The van der Waals surface area contributed by atoms with E-state index in [9.17, 15) is 10.1 Å². The molecule has 0 bridgehead atoms. The zero-order valence-corrected chi connectivity index (χ0v) is 14.6. The summed E-state index contributed by atoms with van der Waals surface area (Å²) in [6, 6.07) is 12.1. The number of nitrogens with zero attached hydrogens (tertiary/aromatic N) is 1. The molecule has 1 N–H and O–H groups in total. The van der Waals surface area contributed by atoms with Gasteiger partial charge in [-0.1, -0.05) is 35.3 Å². The molecule has 0 saturated heterocycles. The third-order valence-electron chi connectivity index (χ3n) is 3.37. The molecule has 122 valence electrons. The quantitative estimate of drug-likeness (QED) is 0.625. The highest BCUT2D eigenvalue weighted by Crippen LogP contribution is 2.26. The molecule has 6 heteroatoms. The monoisotopic (exact) mass is 360 g/mol. The molecule has 0 aliphatic rings. The highest BCUT2D eigenvalue weighted by Gasteiger charge is 2.12. The van der Waals surface area contributed by atoms with Gasteiger partial charge in [0.2, 0.25) is 0 Å². The van der Waals surface area contributed by atoms with E-state index in [2.05, 4.69) is 5.32 Å². The molecule has 2 aromatic rings. The molecule has 0 saturated carbocycles. The van der Waals surface area contributed by atoms with Crippen molar-refractivity contribution in [1.29, 1.82) is 5.26 Å². The first kappa shape index (κ1) is 17.9. The van der Waals surface area contributed by atoms with Crippen LogP contribution in [0.2, 0.25) is 10.0 Å². The van der Waals surface area contributed by atoms with E-state index in [-0.39, 0.29) is 5.57 Å². The zero-order valence-electron chi connectivity index (χ0n) is 13.1. The zero-order chi connectivity index (χ0) is 17.7. The van der Waals surface area contributed by atoms with Gasteiger partial charge < -0.3 is 10.1 Å². The lowest BCUT2D eigenvalue weighted by Crippen LogP contribution is -2.14. The normalized spacial score (nSPS) is 10.9. The molecule has 4 nitrogen and oxygen atoms in total. The summed E-state index contributed by atoms with van der Waals surface area (Å²) >= 11 is 12.1. The first-order valence-corrected chi connectivity index (χ1v) is 7.73. The third-order valence-corrected chi connectivity index (χ3v) is 4.07. The fourth-order valence-corrected chi connectivity index (χ4v) is 2.46. The molecular formula is C18H14Cl2N2O2. The lowest BCUT2D eigenvalue weighted by molar-refractivity contribution is -0.112. The molecule has 0 aromatic heterocycles. The van der Waals surface area contributed by atoms with Crippen LogP contribution in [0.15, 0.2) is 42.0 Å². The van der Waals surface area contributed by atoms with E-state index >= 15 is 0 Å². The number of carbonyl (C=O) groups excluding carboxylic acids is 1. The Kier molecular flexibility index (Phi) is 5.86.